The standard InChI is InChI=1S/C22H25F3N2O5S2/c1-2-3-10-30-20(29)18-14-34-21(26-18)33-11-9-27-15(7-8-19(27)28)13-31-16-5-4-6-17(12-16)32-22(23,24)25/h4-6,12,14-15H,2-3,7-11,13H2,1H3/t15-/m1/s1. The summed E-state index contributed by atoms with van der Waals surface area (Å²) in [6.07, 6.45) is -2.04. The average molecular weight is 519 g/mol. The van der Waals surface area contributed by atoms with Crippen molar-refractivity contribution in [2.75, 3.05) is 25.5 Å². The fourth-order valence-corrected chi connectivity index (χ4v) is 5.06. The lowest BCUT2D eigenvalue weighted by molar-refractivity contribution is -0.274. The Kier molecular flexibility index (Phi) is 9.45. The Morgan fingerprint density at radius 2 is 2.12 bits per heavy atom. The summed E-state index contributed by atoms with van der Waals surface area (Å²) in [6, 6.07) is 5.12. The lowest BCUT2D eigenvalue weighted by Gasteiger charge is -2.24. The highest BCUT2D eigenvalue weighted by atomic mass is 32.2. The van der Waals surface area contributed by atoms with E-state index in [1.165, 1.54) is 41.3 Å². The highest BCUT2D eigenvalue weighted by Gasteiger charge is 2.32. The SMILES string of the molecule is CCCCOC(=O)c1csc(SCCN2C(=O)CC[C@@H]2COc2cccc(OC(F)(F)F)c2)n1. The molecule has 1 aliphatic rings. The molecule has 1 aliphatic heterocycles. The fourth-order valence-electron chi connectivity index (χ4n) is 3.26. The van der Waals surface area contributed by atoms with E-state index in [4.69, 9.17) is 9.47 Å². The van der Waals surface area contributed by atoms with Gasteiger partial charge in [-0.25, -0.2) is 9.78 Å². The number of thioether (sulfide) groups is 1. The third-order valence-electron chi connectivity index (χ3n) is 4.92. The van der Waals surface area contributed by atoms with Crippen molar-refractivity contribution in [3.8, 4) is 11.5 Å². The van der Waals surface area contributed by atoms with Gasteiger partial charge in [-0.2, -0.15) is 0 Å². The number of alkyl halides is 3. The number of esters is 1. The molecule has 0 spiro atoms. The Hall–Kier alpha value is -2.47. The summed E-state index contributed by atoms with van der Waals surface area (Å²) in [5.41, 5.74) is 0.281. The van der Waals surface area contributed by atoms with Crippen LogP contribution in [0.25, 0.3) is 0 Å². The largest absolute Gasteiger partial charge is 0.573 e. The normalized spacial score (nSPS) is 16.1. The van der Waals surface area contributed by atoms with Crippen LogP contribution in [0, 0.1) is 0 Å². The van der Waals surface area contributed by atoms with Crippen LogP contribution in [0.5, 0.6) is 11.5 Å². The number of unbranched alkanes of at least 4 members (excludes halogenated alkanes) is 1. The summed E-state index contributed by atoms with van der Waals surface area (Å²) in [7, 11) is 0. The molecule has 2 aromatic rings. The first kappa shape index (κ1) is 26.1. The topological polar surface area (TPSA) is 78.0 Å². The molecular weight excluding hydrogens is 493 g/mol. The predicted octanol–water partition coefficient (Wildman–Crippen LogP) is 5.16. The second-order valence-corrected chi connectivity index (χ2v) is 9.65. The van der Waals surface area contributed by atoms with E-state index in [0.29, 0.717) is 36.1 Å². The number of hydrogen-bond donors (Lipinski definition) is 0. The van der Waals surface area contributed by atoms with Crippen LogP contribution in [-0.4, -0.2) is 59.7 Å². The van der Waals surface area contributed by atoms with E-state index in [1.807, 2.05) is 6.92 Å². The van der Waals surface area contributed by atoms with Crippen molar-refractivity contribution < 1.29 is 37.0 Å². The quantitative estimate of drug-likeness (QED) is 0.218. The first-order valence-electron chi connectivity index (χ1n) is 10.8. The van der Waals surface area contributed by atoms with Crippen LogP contribution in [0.2, 0.25) is 0 Å². The smallest absolute Gasteiger partial charge is 0.491 e. The van der Waals surface area contributed by atoms with Gasteiger partial charge in [0.05, 0.1) is 12.6 Å². The molecule has 0 aliphatic carbocycles. The molecule has 1 aromatic heterocycles. The third-order valence-corrected chi connectivity index (χ3v) is 6.92. The monoisotopic (exact) mass is 518 g/mol. The van der Waals surface area contributed by atoms with Gasteiger partial charge in [0.25, 0.3) is 0 Å². The Balaban J connectivity index is 1.46. The Morgan fingerprint density at radius 3 is 2.88 bits per heavy atom. The van der Waals surface area contributed by atoms with Crippen LogP contribution in [0.1, 0.15) is 43.1 Å². The maximum atomic E-state index is 12.4. The number of carbonyl (C=O) groups is 2. The summed E-state index contributed by atoms with van der Waals surface area (Å²) in [5, 5.41) is 1.66. The van der Waals surface area contributed by atoms with Gasteiger partial charge in [0, 0.05) is 30.2 Å². The molecule has 3 rings (SSSR count). The van der Waals surface area contributed by atoms with Crippen LogP contribution < -0.4 is 9.47 Å². The van der Waals surface area contributed by atoms with Crippen LogP contribution >= 0.6 is 23.1 Å². The Labute approximate surface area is 203 Å². The molecule has 186 valence electrons. The summed E-state index contributed by atoms with van der Waals surface area (Å²) in [6.45, 7) is 3.01. The summed E-state index contributed by atoms with van der Waals surface area (Å²) < 4.78 is 52.6. The highest BCUT2D eigenvalue weighted by Crippen LogP contribution is 2.28. The van der Waals surface area contributed by atoms with Gasteiger partial charge in [-0.15, -0.1) is 24.5 Å². The van der Waals surface area contributed by atoms with Gasteiger partial charge in [-0.1, -0.05) is 31.2 Å². The molecule has 1 fully saturated rings. The minimum absolute atomic E-state index is 0.00249. The lowest BCUT2D eigenvalue weighted by atomic mass is 10.2. The van der Waals surface area contributed by atoms with Crippen molar-refractivity contribution in [1.82, 2.24) is 9.88 Å². The molecular formula is C22H25F3N2O5S2. The Bertz CT molecular complexity index is 970. The molecule has 1 atom stereocenters. The molecule has 0 N–H and O–H groups in total. The van der Waals surface area contributed by atoms with Crippen molar-refractivity contribution in [2.24, 2.45) is 0 Å². The molecule has 0 bridgehead atoms. The summed E-state index contributed by atoms with van der Waals surface area (Å²) in [5.74, 6) is 0.0138. The fraction of sp³-hybridized carbons (Fsp3) is 0.500. The average Bonchev–Trinajstić information content (AvgIpc) is 3.39. The zero-order chi connectivity index (χ0) is 24.6. The number of amides is 1. The van der Waals surface area contributed by atoms with Gasteiger partial charge in [0.1, 0.15) is 18.1 Å². The molecule has 2 heterocycles. The number of ether oxygens (including phenoxy) is 3. The first-order valence-corrected chi connectivity index (χ1v) is 12.6. The number of thiazole rings is 1. The van der Waals surface area contributed by atoms with Gasteiger partial charge in [0.15, 0.2) is 10.0 Å². The number of nitrogens with zero attached hydrogens (tertiary/aromatic N) is 2. The molecule has 7 nitrogen and oxygen atoms in total. The van der Waals surface area contributed by atoms with E-state index >= 15 is 0 Å². The van der Waals surface area contributed by atoms with E-state index in [2.05, 4.69) is 9.72 Å². The second kappa shape index (κ2) is 12.3. The Morgan fingerprint density at radius 1 is 1.32 bits per heavy atom. The van der Waals surface area contributed by atoms with E-state index in [1.54, 1.807) is 10.3 Å². The van der Waals surface area contributed by atoms with Crippen LogP contribution in [0.3, 0.4) is 0 Å². The van der Waals surface area contributed by atoms with Gasteiger partial charge in [0.2, 0.25) is 5.91 Å². The first-order chi connectivity index (χ1) is 16.2. The number of halogens is 3. The second-order valence-electron chi connectivity index (χ2n) is 7.45. The summed E-state index contributed by atoms with van der Waals surface area (Å²) in [4.78, 5) is 30.3. The van der Waals surface area contributed by atoms with E-state index in [0.717, 1.165) is 18.9 Å². The molecule has 0 unspecified atom stereocenters. The maximum absolute atomic E-state index is 12.4. The molecule has 12 heteroatoms. The van der Waals surface area contributed by atoms with Gasteiger partial charge >= 0.3 is 12.3 Å². The zero-order valence-corrected chi connectivity index (χ0v) is 20.1. The molecule has 1 amide bonds. The van der Waals surface area contributed by atoms with Crippen LogP contribution in [0.15, 0.2) is 34.0 Å². The molecule has 0 saturated carbocycles. The number of carbonyl (C=O) groups excluding carboxylic acids is 2. The van der Waals surface area contributed by atoms with Crippen molar-refractivity contribution in [1.29, 1.82) is 0 Å². The van der Waals surface area contributed by atoms with Gasteiger partial charge in [-0.3, -0.25) is 4.79 Å². The molecule has 0 radical (unpaired) electrons. The molecule has 1 aromatic carbocycles. The minimum atomic E-state index is -4.78. The van der Waals surface area contributed by atoms with Crippen molar-refractivity contribution in [3.05, 3.63) is 35.3 Å². The van der Waals surface area contributed by atoms with Crippen molar-refractivity contribution >= 4 is 35.0 Å². The van der Waals surface area contributed by atoms with E-state index < -0.39 is 12.3 Å². The summed E-state index contributed by atoms with van der Waals surface area (Å²) >= 11 is 2.79. The number of hydrogen-bond acceptors (Lipinski definition) is 8. The van der Waals surface area contributed by atoms with Gasteiger partial charge < -0.3 is 19.1 Å². The van der Waals surface area contributed by atoms with Crippen LogP contribution in [0.4, 0.5) is 13.2 Å². The minimum Gasteiger partial charge on any atom is -0.491 e. The molecule has 34 heavy (non-hydrogen) atoms. The lowest BCUT2D eigenvalue weighted by Crippen LogP contribution is -2.38. The number of likely N-dealkylation sites (tertiary alicyclic amines) is 1. The highest BCUT2D eigenvalue weighted by molar-refractivity contribution is 8.01. The van der Waals surface area contributed by atoms with Crippen molar-refractivity contribution in [3.63, 3.8) is 0 Å². The molecule has 1 saturated heterocycles. The zero-order valence-electron chi connectivity index (χ0n) is 18.5. The number of rotatable bonds is 12. The maximum Gasteiger partial charge on any atom is 0.573 e. The third kappa shape index (κ3) is 8.08. The number of aromatic nitrogens is 1. The predicted molar refractivity (Wildman–Crippen MR) is 121 cm³/mol. The van der Waals surface area contributed by atoms with E-state index in [-0.39, 0.29) is 35.7 Å². The van der Waals surface area contributed by atoms with E-state index in [9.17, 15) is 22.8 Å². The van der Waals surface area contributed by atoms with Gasteiger partial charge in [-0.05, 0) is 25.0 Å². The van der Waals surface area contributed by atoms with Crippen LogP contribution in [-0.2, 0) is 9.53 Å². The van der Waals surface area contributed by atoms with Crippen molar-refractivity contribution in [2.45, 2.75) is 49.4 Å². The number of benzene rings is 1.